The number of ether oxygens (including phenoxy) is 6. The number of hydrogen-bond donors (Lipinski definition) is 0. The van der Waals surface area contributed by atoms with Gasteiger partial charge in [-0.05, 0) is 243 Å². The molecule has 16 atom stereocenters. The standard InChI is InChI=1S/C79H126O12/c1-6-9-11-13-14-20-26-57-30-29-56(25-19-12-10-7-2)66(27-21-15-17-23-39-86-76(82)58-31-35-60(36-32-58)78(84)90-51-64-45-62-47-70(64)72-43-54(41-68(62)72)49-88-74(80)8-3)67(57)28-22-16-18-24-40-87-77(83)59-33-37-61(38-34-59)79(85)91-52-65-46-63-48-71(65)73-44-55(42-69(63)73)50-89-75(81)53(4)5/h8,54-73H,3-4,6-7,9-52H2,1-2,5H3/t54?,55?,56?,57?,58?,59?,60?,61?,62?,63?,64?,65?,66?,67?,68?,69?,70?,71?,72-,73-/m0/s1. The van der Waals surface area contributed by atoms with E-state index in [0.717, 1.165) is 99.7 Å². The summed E-state index contributed by atoms with van der Waals surface area (Å²) in [6.45, 7) is 16.6. The smallest absolute Gasteiger partial charge is 0.333 e. The van der Waals surface area contributed by atoms with Crippen molar-refractivity contribution in [2.24, 2.45) is 118 Å². The van der Waals surface area contributed by atoms with Crippen molar-refractivity contribution in [1.82, 2.24) is 0 Å². The second kappa shape index (κ2) is 37.0. The van der Waals surface area contributed by atoms with Crippen LogP contribution in [0, 0.1) is 118 Å². The second-order valence-corrected chi connectivity index (χ2v) is 31.8. The molecule has 0 amide bonds. The summed E-state index contributed by atoms with van der Waals surface area (Å²) in [6, 6.07) is 0. The van der Waals surface area contributed by atoms with Gasteiger partial charge < -0.3 is 28.4 Å². The Labute approximate surface area is 550 Å². The molecule has 0 aromatic carbocycles. The number of carbonyl (C=O) groups excluding carboxylic acids is 6. The first-order chi connectivity index (χ1) is 44.3. The van der Waals surface area contributed by atoms with Crippen molar-refractivity contribution in [3.8, 4) is 0 Å². The highest BCUT2D eigenvalue weighted by atomic mass is 16.6. The maximum atomic E-state index is 13.3. The molecule has 91 heavy (non-hydrogen) atoms. The predicted octanol–water partition coefficient (Wildman–Crippen LogP) is 18.1. The molecular weight excluding hydrogens is 1140 g/mol. The van der Waals surface area contributed by atoms with Gasteiger partial charge >= 0.3 is 35.8 Å². The largest absolute Gasteiger partial charge is 0.465 e. The molecule has 0 N–H and O–H groups in total. The maximum Gasteiger partial charge on any atom is 0.333 e. The van der Waals surface area contributed by atoms with Crippen LogP contribution in [0.25, 0.3) is 0 Å². The Balaban J connectivity index is 0.637. The van der Waals surface area contributed by atoms with Gasteiger partial charge in [0.2, 0.25) is 0 Å². The Morgan fingerprint density at radius 1 is 0.363 bits per heavy atom. The lowest BCUT2D eigenvalue weighted by atomic mass is 9.61. The van der Waals surface area contributed by atoms with E-state index in [0.29, 0.717) is 156 Å². The Kier molecular flexibility index (Phi) is 29.1. The van der Waals surface area contributed by atoms with Crippen molar-refractivity contribution in [3.05, 3.63) is 24.8 Å². The topological polar surface area (TPSA) is 158 Å². The van der Waals surface area contributed by atoms with Gasteiger partial charge in [0.15, 0.2) is 0 Å². The zero-order valence-electron chi connectivity index (χ0n) is 57.5. The first-order valence-electron chi connectivity index (χ1n) is 38.6. The van der Waals surface area contributed by atoms with Crippen molar-refractivity contribution < 1.29 is 57.2 Å². The van der Waals surface area contributed by atoms with Gasteiger partial charge in [-0.1, -0.05) is 143 Å². The summed E-state index contributed by atoms with van der Waals surface area (Å²) >= 11 is 0. The summed E-state index contributed by atoms with van der Waals surface area (Å²) in [4.78, 5) is 76.9. The van der Waals surface area contributed by atoms with Crippen molar-refractivity contribution >= 4 is 35.8 Å². The van der Waals surface area contributed by atoms with Crippen LogP contribution < -0.4 is 0 Å². The molecule has 9 saturated carbocycles. The van der Waals surface area contributed by atoms with Crippen molar-refractivity contribution in [2.75, 3.05) is 39.6 Å². The first-order valence-corrected chi connectivity index (χ1v) is 38.6. The Morgan fingerprint density at radius 2 is 0.725 bits per heavy atom. The molecule has 0 heterocycles. The van der Waals surface area contributed by atoms with Crippen LogP contribution in [0.1, 0.15) is 278 Å². The van der Waals surface area contributed by atoms with Crippen molar-refractivity contribution in [2.45, 2.75) is 278 Å². The molecule has 9 rings (SSSR count). The van der Waals surface area contributed by atoms with Crippen LogP contribution in [0.2, 0.25) is 0 Å². The van der Waals surface area contributed by atoms with E-state index in [2.05, 4.69) is 27.0 Å². The minimum absolute atomic E-state index is 0.0776. The lowest BCUT2D eigenvalue weighted by molar-refractivity contribution is -0.156. The summed E-state index contributed by atoms with van der Waals surface area (Å²) in [5.41, 5.74) is 0.454. The van der Waals surface area contributed by atoms with Gasteiger partial charge in [-0.25, -0.2) is 9.59 Å². The Bertz CT molecular complexity index is 2300. The number of hydrogen-bond acceptors (Lipinski definition) is 12. The van der Waals surface area contributed by atoms with Gasteiger partial charge in [0.25, 0.3) is 0 Å². The number of unbranched alkanes of at least 4 members (excludes halogenated alkanes) is 14. The van der Waals surface area contributed by atoms with Crippen LogP contribution in [0.15, 0.2) is 24.8 Å². The van der Waals surface area contributed by atoms with Crippen LogP contribution in [-0.2, 0) is 57.2 Å². The molecule has 0 aliphatic heterocycles. The zero-order chi connectivity index (χ0) is 64.1. The third kappa shape index (κ3) is 20.4. The molecule has 9 aliphatic carbocycles. The minimum Gasteiger partial charge on any atom is -0.465 e. The highest BCUT2D eigenvalue weighted by molar-refractivity contribution is 5.87. The van der Waals surface area contributed by atoms with E-state index in [9.17, 15) is 28.8 Å². The van der Waals surface area contributed by atoms with Gasteiger partial charge in [0, 0.05) is 11.6 Å². The fourth-order valence-electron chi connectivity index (χ4n) is 21.1. The summed E-state index contributed by atoms with van der Waals surface area (Å²) < 4.78 is 34.8. The van der Waals surface area contributed by atoms with Crippen LogP contribution >= 0.6 is 0 Å². The molecule has 9 fully saturated rings. The normalized spacial score (nSPS) is 34.5. The highest BCUT2D eigenvalue weighted by Gasteiger charge is 2.57. The number of fused-ring (bicyclic) bond motifs is 10. The minimum atomic E-state index is -0.336. The van der Waals surface area contributed by atoms with Crippen LogP contribution in [0.3, 0.4) is 0 Å². The molecule has 4 bridgehead atoms. The fourth-order valence-corrected chi connectivity index (χ4v) is 21.1. The van der Waals surface area contributed by atoms with Gasteiger partial charge in [0.1, 0.15) is 0 Å². The number of esters is 6. The molecule has 0 spiro atoms. The monoisotopic (exact) mass is 1270 g/mol. The molecule has 0 saturated heterocycles. The molecule has 0 radical (unpaired) electrons. The Morgan fingerprint density at radius 3 is 1.14 bits per heavy atom. The van der Waals surface area contributed by atoms with Crippen LogP contribution in [-0.4, -0.2) is 75.5 Å². The first kappa shape index (κ1) is 71.6. The fraction of sp³-hybridized carbons (Fsp3) is 0.873. The van der Waals surface area contributed by atoms with E-state index in [-0.39, 0.29) is 59.5 Å². The highest BCUT2D eigenvalue weighted by Crippen LogP contribution is 2.64. The predicted molar refractivity (Wildman–Crippen MR) is 357 cm³/mol. The van der Waals surface area contributed by atoms with E-state index >= 15 is 0 Å². The summed E-state index contributed by atoms with van der Waals surface area (Å²) in [7, 11) is 0. The Hall–Kier alpha value is -3.70. The quantitative estimate of drug-likeness (QED) is 0.0248. The maximum absolute atomic E-state index is 13.3. The molecule has 9 aliphatic rings. The van der Waals surface area contributed by atoms with Gasteiger partial charge in [0.05, 0.1) is 63.3 Å². The molecule has 12 heteroatoms. The molecule has 0 aromatic rings. The van der Waals surface area contributed by atoms with Gasteiger partial charge in [-0.15, -0.1) is 0 Å². The van der Waals surface area contributed by atoms with Crippen molar-refractivity contribution in [3.63, 3.8) is 0 Å². The van der Waals surface area contributed by atoms with Crippen LogP contribution in [0.5, 0.6) is 0 Å². The second-order valence-electron chi connectivity index (χ2n) is 31.8. The average Bonchev–Trinajstić information content (AvgIpc) is 1.61. The SMILES string of the molecule is C=CC(=O)OCC1CC2C3CC(COC(=O)C4CCC(C(=O)OCCCCCCC5C(CCCCCC)CCC(CCCCCCCC)C5CCCCCCOC(=O)C5CCC(C(=O)OCC6CC7CC6[C@H]6CC(COC(=O)C(=C)C)CC76)CC5)CC4)C(C3)[C@H]2C1. The number of carbonyl (C=O) groups is 6. The van der Waals surface area contributed by atoms with Crippen LogP contribution in [0.4, 0.5) is 0 Å². The zero-order valence-corrected chi connectivity index (χ0v) is 57.5. The van der Waals surface area contributed by atoms with E-state index in [1.807, 2.05) is 0 Å². The van der Waals surface area contributed by atoms with E-state index in [4.69, 9.17) is 28.4 Å². The molecule has 12 nitrogen and oxygen atoms in total. The lowest BCUT2D eigenvalue weighted by Crippen LogP contribution is -2.35. The van der Waals surface area contributed by atoms with E-state index in [1.54, 1.807) is 6.92 Å². The van der Waals surface area contributed by atoms with Crippen molar-refractivity contribution in [1.29, 1.82) is 0 Å². The summed E-state index contributed by atoms with van der Waals surface area (Å²) in [5.74, 6) is 8.90. The molecule has 514 valence electrons. The summed E-state index contributed by atoms with van der Waals surface area (Å²) in [6.07, 6.45) is 46.6. The third-order valence-electron chi connectivity index (χ3n) is 25.9. The van der Waals surface area contributed by atoms with Gasteiger partial charge in [-0.2, -0.15) is 0 Å². The average molecular weight is 1270 g/mol. The van der Waals surface area contributed by atoms with Gasteiger partial charge in [-0.3, -0.25) is 19.2 Å². The number of rotatable bonds is 40. The third-order valence-corrected chi connectivity index (χ3v) is 25.9. The van der Waals surface area contributed by atoms with E-state index < -0.39 is 0 Å². The lowest BCUT2D eigenvalue weighted by Gasteiger charge is -2.44. The van der Waals surface area contributed by atoms with E-state index in [1.165, 1.54) is 147 Å². The molecule has 0 aromatic heterocycles. The summed E-state index contributed by atoms with van der Waals surface area (Å²) in [5, 5.41) is 0. The molecular formula is C79H126O12. The molecule has 14 unspecified atom stereocenters.